The van der Waals surface area contributed by atoms with Gasteiger partial charge in [0.25, 0.3) is 5.91 Å². The lowest BCUT2D eigenvalue weighted by molar-refractivity contribution is 0.0902. The number of nitrogens with zero attached hydrogens (tertiary/aromatic N) is 2. The van der Waals surface area contributed by atoms with Gasteiger partial charge in [-0.25, -0.2) is 4.98 Å². The van der Waals surface area contributed by atoms with E-state index >= 15 is 0 Å². The SMILES string of the molecule is CC(C)C[C@@H](CO)NC(=O)c1cnc2c(O)cccn12. The molecule has 3 N–H and O–H groups in total. The maximum atomic E-state index is 12.2. The summed E-state index contributed by atoms with van der Waals surface area (Å²) in [5, 5.41) is 21.7. The van der Waals surface area contributed by atoms with Crippen LogP contribution < -0.4 is 5.32 Å². The van der Waals surface area contributed by atoms with Crippen LogP contribution in [0, 0.1) is 5.92 Å². The number of nitrogens with one attached hydrogen (secondary N) is 1. The van der Waals surface area contributed by atoms with Gasteiger partial charge in [0.1, 0.15) is 5.69 Å². The molecular weight excluding hydrogens is 258 g/mol. The molecule has 108 valence electrons. The molecular formula is C14H19N3O3. The monoisotopic (exact) mass is 277 g/mol. The van der Waals surface area contributed by atoms with E-state index in [4.69, 9.17) is 0 Å². The molecule has 6 nitrogen and oxygen atoms in total. The summed E-state index contributed by atoms with van der Waals surface area (Å²) in [6.07, 6.45) is 3.77. The normalized spacial score (nSPS) is 12.8. The van der Waals surface area contributed by atoms with Crippen molar-refractivity contribution in [2.75, 3.05) is 6.61 Å². The number of imidazole rings is 1. The van der Waals surface area contributed by atoms with Crippen LogP contribution in [0.15, 0.2) is 24.5 Å². The van der Waals surface area contributed by atoms with Crippen LogP contribution in [0.4, 0.5) is 0 Å². The van der Waals surface area contributed by atoms with Crippen LogP contribution in [0.5, 0.6) is 5.75 Å². The third-order valence-electron chi connectivity index (χ3n) is 3.06. The Labute approximate surface area is 117 Å². The van der Waals surface area contributed by atoms with E-state index in [9.17, 15) is 15.0 Å². The van der Waals surface area contributed by atoms with Gasteiger partial charge in [0, 0.05) is 6.20 Å². The summed E-state index contributed by atoms with van der Waals surface area (Å²) in [4.78, 5) is 16.2. The Kier molecular flexibility index (Phi) is 4.24. The number of fused-ring (bicyclic) bond motifs is 1. The van der Waals surface area contributed by atoms with Gasteiger partial charge in [-0.1, -0.05) is 13.8 Å². The largest absolute Gasteiger partial charge is 0.504 e. The lowest BCUT2D eigenvalue weighted by Crippen LogP contribution is -2.38. The second-order valence-electron chi connectivity index (χ2n) is 5.21. The van der Waals surface area contributed by atoms with Crippen molar-refractivity contribution in [3.8, 4) is 5.75 Å². The summed E-state index contributed by atoms with van der Waals surface area (Å²) in [5.74, 6) is 0.0777. The van der Waals surface area contributed by atoms with Crippen molar-refractivity contribution in [2.24, 2.45) is 5.92 Å². The number of hydrogen-bond acceptors (Lipinski definition) is 4. The molecule has 0 aliphatic heterocycles. The fourth-order valence-corrected chi connectivity index (χ4v) is 2.17. The summed E-state index contributed by atoms with van der Waals surface area (Å²) in [7, 11) is 0. The van der Waals surface area contributed by atoms with Gasteiger partial charge in [-0.15, -0.1) is 0 Å². The fraction of sp³-hybridized carbons (Fsp3) is 0.429. The Balaban J connectivity index is 2.21. The van der Waals surface area contributed by atoms with E-state index in [2.05, 4.69) is 10.3 Å². The molecule has 2 aromatic heterocycles. The van der Waals surface area contributed by atoms with E-state index in [0.717, 1.165) is 0 Å². The van der Waals surface area contributed by atoms with E-state index in [1.807, 2.05) is 13.8 Å². The van der Waals surface area contributed by atoms with Gasteiger partial charge in [0.05, 0.1) is 18.8 Å². The first-order valence-corrected chi connectivity index (χ1v) is 6.59. The lowest BCUT2D eigenvalue weighted by atomic mass is 10.0. The third-order valence-corrected chi connectivity index (χ3v) is 3.06. The molecule has 20 heavy (non-hydrogen) atoms. The van der Waals surface area contributed by atoms with Gasteiger partial charge >= 0.3 is 0 Å². The van der Waals surface area contributed by atoms with Gasteiger partial charge in [-0.2, -0.15) is 0 Å². The summed E-state index contributed by atoms with van der Waals surface area (Å²) < 4.78 is 1.52. The topological polar surface area (TPSA) is 86.9 Å². The Morgan fingerprint density at radius 3 is 2.90 bits per heavy atom. The molecule has 0 aliphatic rings. The zero-order valence-corrected chi connectivity index (χ0v) is 11.6. The van der Waals surface area contributed by atoms with Gasteiger partial charge in [0.15, 0.2) is 11.4 Å². The summed E-state index contributed by atoms with van der Waals surface area (Å²) in [6.45, 7) is 3.95. The van der Waals surface area contributed by atoms with Crippen LogP contribution in [0.3, 0.4) is 0 Å². The first-order chi connectivity index (χ1) is 9.52. The Morgan fingerprint density at radius 1 is 1.50 bits per heavy atom. The zero-order valence-electron chi connectivity index (χ0n) is 11.6. The van der Waals surface area contributed by atoms with Crippen LogP contribution >= 0.6 is 0 Å². The highest BCUT2D eigenvalue weighted by Gasteiger charge is 2.18. The van der Waals surface area contributed by atoms with E-state index in [-0.39, 0.29) is 24.3 Å². The number of aliphatic hydroxyl groups excluding tert-OH is 1. The molecule has 0 spiro atoms. The number of carbonyl (C=O) groups excluding carboxylic acids is 1. The second kappa shape index (κ2) is 5.92. The van der Waals surface area contributed by atoms with E-state index in [0.29, 0.717) is 23.7 Å². The van der Waals surface area contributed by atoms with Gasteiger partial charge in [-0.05, 0) is 24.5 Å². The molecule has 0 aliphatic carbocycles. The maximum absolute atomic E-state index is 12.2. The van der Waals surface area contributed by atoms with Crippen molar-refractivity contribution in [2.45, 2.75) is 26.3 Å². The lowest BCUT2D eigenvalue weighted by Gasteiger charge is -2.18. The van der Waals surface area contributed by atoms with Crippen molar-refractivity contribution in [3.63, 3.8) is 0 Å². The summed E-state index contributed by atoms with van der Waals surface area (Å²) >= 11 is 0. The predicted octanol–water partition coefficient (Wildman–Crippen LogP) is 1.18. The number of pyridine rings is 1. The highest BCUT2D eigenvalue weighted by Crippen LogP contribution is 2.17. The zero-order chi connectivity index (χ0) is 14.7. The molecule has 0 saturated carbocycles. The molecule has 0 saturated heterocycles. The fourth-order valence-electron chi connectivity index (χ4n) is 2.17. The average molecular weight is 277 g/mol. The van der Waals surface area contributed by atoms with Crippen LogP contribution in [0.25, 0.3) is 5.65 Å². The predicted molar refractivity (Wildman–Crippen MR) is 74.7 cm³/mol. The van der Waals surface area contributed by atoms with E-state index < -0.39 is 0 Å². The van der Waals surface area contributed by atoms with Crippen molar-refractivity contribution in [3.05, 3.63) is 30.2 Å². The van der Waals surface area contributed by atoms with Crippen molar-refractivity contribution in [1.82, 2.24) is 14.7 Å². The maximum Gasteiger partial charge on any atom is 0.270 e. The first kappa shape index (κ1) is 14.3. The molecule has 0 radical (unpaired) electrons. The van der Waals surface area contributed by atoms with Crippen LogP contribution in [0.2, 0.25) is 0 Å². The Hall–Kier alpha value is -2.08. The molecule has 0 aromatic carbocycles. The molecule has 2 aromatic rings. The standard InChI is InChI=1S/C14H19N3O3/c1-9(2)6-10(8-18)16-14(20)11-7-15-13-12(19)4-3-5-17(11)13/h3-5,7,9-10,18-19H,6,8H2,1-2H3,(H,16,20)/t10-/m0/s1. The molecule has 0 fully saturated rings. The molecule has 6 heteroatoms. The number of aromatic hydroxyl groups is 1. The number of rotatable bonds is 5. The summed E-state index contributed by atoms with van der Waals surface area (Å²) in [5.41, 5.74) is 0.667. The van der Waals surface area contributed by atoms with Crippen molar-refractivity contribution in [1.29, 1.82) is 0 Å². The molecule has 2 rings (SSSR count). The van der Waals surface area contributed by atoms with Crippen LogP contribution in [-0.2, 0) is 0 Å². The molecule has 1 atom stereocenters. The quantitative estimate of drug-likeness (QED) is 0.766. The highest BCUT2D eigenvalue weighted by molar-refractivity contribution is 5.93. The third kappa shape index (κ3) is 2.91. The highest BCUT2D eigenvalue weighted by atomic mass is 16.3. The first-order valence-electron chi connectivity index (χ1n) is 6.59. The number of aromatic nitrogens is 2. The number of aliphatic hydroxyl groups is 1. The molecule has 0 unspecified atom stereocenters. The number of amides is 1. The van der Waals surface area contributed by atoms with Gasteiger partial charge in [-0.3, -0.25) is 9.20 Å². The van der Waals surface area contributed by atoms with E-state index in [1.165, 1.54) is 16.7 Å². The summed E-state index contributed by atoms with van der Waals surface area (Å²) in [6, 6.07) is 2.86. The van der Waals surface area contributed by atoms with E-state index in [1.54, 1.807) is 12.3 Å². The van der Waals surface area contributed by atoms with Crippen molar-refractivity contribution >= 4 is 11.6 Å². The van der Waals surface area contributed by atoms with Gasteiger partial charge < -0.3 is 15.5 Å². The number of carbonyl (C=O) groups is 1. The molecule has 0 bridgehead atoms. The van der Waals surface area contributed by atoms with Crippen LogP contribution in [0.1, 0.15) is 30.8 Å². The molecule has 2 heterocycles. The second-order valence-corrected chi connectivity index (χ2v) is 5.21. The Bertz CT molecular complexity index is 607. The van der Waals surface area contributed by atoms with Crippen LogP contribution in [-0.4, -0.2) is 38.2 Å². The van der Waals surface area contributed by atoms with Gasteiger partial charge in [0.2, 0.25) is 0 Å². The Morgan fingerprint density at radius 2 is 2.25 bits per heavy atom. The average Bonchev–Trinajstić information content (AvgIpc) is 2.82. The van der Waals surface area contributed by atoms with Crippen molar-refractivity contribution < 1.29 is 15.0 Å². The minimum absolute atomic E-state index is 0.0208. The molecule has 1 amide bonds. The number of hydrogen-bond donors (Lipinski definition) is 3. The minimum Gasteiger partial charge on any atom is -0.504 e. The minimum atomic E-state index is -0.317. The smallest absolute Gasteiger partial charge is 0.270 e.